The third-order valence-corrected chi connectivity index (χ3v) is 8.64. The number of nitrogens with zero attached hydrogens (tertiary/aromatic N) is 2. The first-order valence-electron chi connectivity index (χ1n) is 11.0. The Hall–Kier alpha value is -2.63. The summed E-state index contributed by atoms with van der Waals surface area (Å²) in [7, 11) is 0. The Morgan fingerprint density at radius 2 is 2.10 bits per heavy atom. The molecule has 158 valence electrons. The molecular formula is C24H30N4O2. The lowest BCUT2D eigenvalue weighted by Crippen LogP contribution is -2.54. The maximum atomic E-state index is 12.9. The standard InChI is InChI=1S/C24H30N4O2/c1-5-30-16-8-6-7-15(13-16)26-21-25-12-10-18(28-21)20(29)27-19-14-24-17(19)9-11-23(24,4)22(24,2)3/h6-8,10,12-13,17,19H,5,9,11,14H2,1-4H3,(H,27,29)(H,25,26,28)/t17?,19?,23-,24?/m1/s1. The Balaban J connectivity index is 1.25. The molecule has 0 bridgehead atoms. The molecule has 3 aliphatic rings. The minimum Gasteiger partial charge on any atom is -0.494 e. The quantitative estimate of drug-likeness (QED) is 0.735. The smallest absolute Gasteiger partial charge is 0.270 e. The van der Waals surface area contributed by atoms with Gasteiger partial charge in [0.1, 0.15) is 11.4 Å². The molecule has 0 saturated heterocycles. The third kappa shape index (κ3) is 2.45. The lowest BCUT2D eigenvalue weighted by molar-refractivity contribution is 0.0467. The number of nitrogens with one attached hydrogen (secondary N) is 2. The van der Waals surface area contributed by atoms with Gasteiger partial charge in [-0.1, -0.05) is 26.8 Å². The summed E-state index contributed by atoms with van der Waals surface area (Å²) < 4.78 is 5.53. The number of rotatable bonds is 6. The zero-order chi connectivity index (χ0) is 21.1. The van der Waals surface area contributed by atoms with Gasteiger partial charge in [-0.05, 0) is 66.5 Å². The van der Waals surface area contributed by atoms with Crippen LogP contribution in [0.5, 0.6) is 5.75 Å². The van der Waals surface area contributed by atoms with Crippen LogP contribution in [0.4, 0.5) is 11.6 Å². The van der Waals surface area contributed by atoms with Crippen molar-refractivity contribution in [2.75, 3.05) is 11.9 Å². The second-order valence-electron chi connectivity index (χ2n) is 9.71. The topological polar surface area (TPSA) is 76.1 Å². The van der Waals surface area contributed by atoms with Crippen molar-refractivity contribution in [1.82, 2.24) is 15.3 Å². The van der Waals surface area contributed by atoms with Crippen LogP contribution < -0.4 is 15.4 Å². The van der Waals surface area contributed by atoms with Gasteiger partial charge in [-0.3, -0.25) is 4.79 Å². The van der Waals surface area contributed by atoms with Crippen molar-refractivity contribution in [3.05, 3.63) is 42.2 Å². The summed E-state index contributed by atoms with van der Waals surface area (Å²) in [5, 5.41) is 6.41. The summed E-state index contributed by atoms with van der Waals surface area (Å²) in [6.45, 7) is 9.80. The number of aromatic nitrogens is 2. The maximum absolute atomic E-state index is 12.9. The summed E-state index contributed by atoms with van der Waals surface area (Å²) in [6.07, 6.45) is 5.21. The van der Waals surface area contributed by atoms with Gasteiger partial charge in [0.25, 0.3) is 5.91 Å². The zero-order valence-electron chi connectivity index (χ0n) is 18.2. The van der Waals surface area contributed by atoms with E-state index in [0.29, 0.717) is 40.4 Å². The Bertz CT molecular complexity index is 1010. The van der Waals surface area contributed by atoms with Gasteiger partial charge in [0.15, 0.2) is 0 Å². The molecule has 1 amide bonds. The minimum atomic E-state index is -0.115. The summed E-state index contributed by atoms with van der Waals surface area (Å²) in [4.78, 5) is 21.6. The molecule has 3 fully saturated rings. The van der Waals surface area contributed by atoms with Crippen molar-refractivity contribution in [3.63, 3.8) is 0 Å². The molecule has 1 spiro atoms. The van der Waals surface area contributed by atoms with Crippen molar-refractivity contribution in [3.8, 4) is 5.75 Å². The van der Waals surface area contributed by atoms with Gasteiger partial charge in [-0.25, -0.2) is 9.97 Å². The van der Waals surface area contributed by atoms with Crippen LogP contribution in [0.2, 0.25) is 0 Å². The van der Waals surface area contributed by atoms with Gasteiger partial charge < -0.3 is 15.4 Å². The van der Waals surface area contributed by atoms with Crippen LogP contribution in [0.25, 0.3) is 0 Å². The average molecular weight is 407 g/mol. The number of carbonyl (C=O) groups excluding carboxylic acids is 1. The van der Waals surface area contributed by atoms with Crippen LogP contribution in [-0.4, -0.2) is 28.5 Å². The van der Waals surface area contributed by atoms with Gasteiger partial charge in [0.2, 0.25) is 5.95 Å². The van der Waals surface area contributed by atoms with E-state index in [-0.39, 0.29) is 11.9 Å². The van der Waals surface area contributed by atoms with E-state index >= 15 is 0 Å². The zero-order valence-corrected chi connectivity index (χ0v) is 18.2. The van der Waals surface area contributed by atoms with Crippen LogP contribution >= 0.6 is 0 Å². The van der Waals surface area contributed by atoms with Gasteiger partial charge in [0, 0.05) is 24.0 Å². The summed E-state index contributed by atoms with van der Waals surface area (Å²) in [6, 6.07) is 9.55. The number of benzene rings is 1. The number of amides is 1. The lowest BCUT2D eigenvalue weighted by atomic mass is 9.62. The molecule has 3 unspecified atom stereocenters. The fourth-order valence-corrected chi connectivity index (χ4v) is 6.84. The number of hydrogen-bond donors (Lipinski definition) is 2. The van der Waals surface area contributed by atoms with Crippen LogP contribution in [0, 0.1) is 22.2 Å². The van der Waals surface area contributed by atoms with Crippen LogP contribution in [0.1, 0.15) is 57.4 Å². The molecule has 3 saturated carbocycles. The number of hydrogen-bond acceptors (Lipinski definition) is 5. The van der Waals surface area contributed by atoms with Crippen molar-refractivity contribution < 1.29 is 9.53 Å². The number of anilines is 2. The van der Waals surface area contributed by atoms with Gasteiger partial charge in [0.05, 0.1) is 6.61 Å². The molecule has 0 radical (unpaired) electrons. The molecular weight excluding hydrogens is 376 g/mol. The van der Waals surface area contributed by atoms with Gasteiger partial charge in [-0.2, -0.15) is 0 Å². The van der Waals surface area contributed by atoms with E-state index in [1.54, 1.807) is 12.3 Å². The summed E-state index contributed by atoms with van der Waals surface area (Å²) in [5.74, 6) is 1.66. The first-order valence-corrected chi connectivity index (χ1v) is 11.0. The van der Waals surface area contributed by atoms with E-state index in [0.717, 1.165) is 17.9 Å². The molecule has 0 aliphatic heterocycles. The SMILES string of the molecule is CCOc1cccc(Nc2nccc(C(=O)NC3CC45C3CC[C@]4(C)C5(C)C)n2)c1. The second-order valence-corrected chi connectivity index (χ2v) is 9.71. The van der Waals surface area contributed by atoms with Crippen molar-refractivity contribution >= 4 is 17.5 Å². The fourth-order valence-electron chi connectivity index (χ4n) is 6.84. The summed E-state index contributed by atoms with van der Waals surface area (Å²) in [5.41, 5.74) is 2.49. The number of carbonyl (C=O) groups is 1. The van der Waals surface area contributed by atoms with Gasteiger partial charge in [-0.15, -0.1) is 0 Å². The highest BCUT2D eigenvalue weighted by atomic mass is 16.5. The average Bonchev–Trinajstić information content (AvgIpc) is 2.95. The Morgan fingerprint density at radius 3 is 2.87 bits per heavy atom. The van der Waals surface area contributed by atoms with Crippen molar-refractivity contribution in [1.29, 1.82) is 0 Å². The van der Waals surface area contributed by atoms with Crippen LogP contribution in [0.15, 0.2) is 36.5 Å². The molecule has 1 aromatic heterocycles. The van der Waals surface area contributed by atoms with Crippen molar-refractivity contribution in [2.24, 2.45) is 22.2 Å². The Labute approximate surface area is 177 Å². The molecule has 4 atom stereocenters. The van der Waals surface area contributed by atoms with E-state index in [1.165, 1.54) is 12.8 Å². The lowest BCUT2D eigenvalue weighted by Gasteiger charge is -2.47. The predicted molar refractivity (Wildman–Crippen MR) is 116 cm³/mol. The molecule has 2 N–H and O–H groups in total. The molecule has 30 heavy (non-hydrogen) atoms. The molecule has 3 aliphatic carbocycles. The maximum Gasteiger partial charge on any atom is 0.270 e. The van der Waals surface area contributed by atoms with E-state index in [9.17, 15) is 4.79 Å². The summed E-state index contributed by atoms with van der Waals surface area (Å²) >= 11 is 0. The normalized spacial score (nSPS) is 32.4. The molecule has 1 aromatic carbocycles. The Kier molecular flexibility index (Phi) is 4.15. The van der Waals surface area contributed by atoms with Gasteiger partial charge >= 0.3 is 0 Å². The highest BCUT2D eigenvalue weighted by molar-refractivity contribution is 5.92. The highest BCUT2D eigenvalue weighted by Gasteiger charge is 2.88. The second kappa shape index (κ2) is 6.43. The highest BCUT2D eigenvalue weighted by Crippen LogP contribution is 2.92. The molecule has 1 heterocycles. The minimum absolute atomic E-state index is 0.115. The van der Waals surface area contributed by atoms with Crippen LogP contribution in [-0.2, 0) is 0 Å². The van der Waals surface area contributed by atoms with E-state index in [1.807, 2.05) is 31.2 Å². The fraction of sp³-hybridized carbons (Fsp3) is 0.542. The predicted octanol–water partition coefficient (Wildman–Crippen LogP) is 4.56. The third-order valence-electron chi connectivity index (χ3n) is 8.64. The molecule has 2 aromatic rings. The molecule has 6 nitrogen and oxygen atoms in total. The Morgan fingerprint density at radius 1 is 1.27 bits per heavy atom. The van der Waals surface area contributed by atoms with E-state index in [4.69, 9.17) is 4.74 Å². The monoisotopic (exact) mass is 406 g/mol. The number of ether oxygens (including phenoxy) is 1. The van der Waals surface area contributed by atoms with E-state index in [2.05, 4.69) is 41.4 Å². The van der Waals surface area contributed by atoms with Crippen molar-refractivity contribution in [2.45, 2.75) is 53.0 Å². The largest absolute Gasteiger partial charge is 0.494 e. The first-order chi connectivity index (χ1) is 14.3. The molecule has 5 rings (SSSR count). The first kappa shape index (κ1) is 19.3. The van der Waals surface area contributed by atoms with Crippen LogP contribution in [0.3, 0.4) is 0 Å². The molecule has 6 heteroatoms. The van der Waals surface area contributed by atoms with E-state index < -0.39 is 0 Å².